The second-order valence-corrected chi connectivity index (χ2v) is 23.7. The van der Waals surface area contributed by atoms with E-state index >= 15 is 0 Å². The number of ether oxygens (including phenoxy) is 2. The molecule has 4 aromatic carbocycles. The molecule has 0 saturated heterocycles. The van der Waals surface area contributed by atoms with Crippen LogP contribution in [-0.2, 0) is 83.3 Å². The molecule has 1 aromatic heterocycles. The van der Waals surface area contributed by atoms with Gasteiger partial charge in [0, 0.05) is 18.1 Å². The number of nitrogens with two attached hydrogens (primary N) is 2. The van der Waals surface area contributed by atoms with Gasteiger partial charge in [-0.1, -0.05) is 84.9 Å². The number of fused-ring (bicyclic) bond motifs is 4. The van der Waals surface area contributed by atoms with Crippen molar-refractivity contribution in [1.82, 2.24) is 36.9 Å². The number of nitrogens with one attached hydrogen (secondary N) is 6. The lowest BCUT2D eigenvalue weighted by molar-refractivity contribution is -0.141. The van der Waals surface area contributed by atoms with Crippen LogP contribution in [0.5, 0.6) is 0 Å². The van der Waals surface area contributed by atoms with Crippen molar-refractivity contribution in [2.75, 3.05) is 5.73 Å². The molecule has 3 aliphatic carbocycles. The van der Waals surface area contributed by atoms with E-state index in [2.05, 4.69) is 49.0 Å². The van der Waals surface area contributed by atoms with Gasteiger partial charge in [0.15, 0.2) is 5.78 Å². The Morgan fingerprint density at radius 2 is 0.952 bits per heavy atom. The molecule has 6 atom stereocenters. The number of anilines is 1. The highest BCUT2D eigenvalue weighted by atomic mass is 16.6. The molecule has 20 nitrogen and oxygen atoms in total. The molecule has 0 saturated carbocycles. The summed E-state index contributed by atoms with van der Waals surface area (Å²) in [6.07, 6.45) is 4.54. The van der Waals surface area contributed by atoms with Crippen molar-refractivity contribution in [2.24, 2.45) is 23.5 Å². The third-order valence-electron chi connectivity index (χ3n) is 14.7. The predicted octanol–water partition coefficient (Wildman–Crippen LogP) is 5.95. The van der Waals surface area contributed by atoms with Gasteiger partial charge in [-0.25, -0.2) is 14.6 Å². The number of benzene rings is 4. The number of ketones is 1. The number of nitrogen functional groups attached to an aromatic ring is 1. The fourth-order valence-corrected chi connectivity index (χ4v) is 10.2. The van der Waals surface area contributed by atoms with Crippen molar-refractivity contribution in [2.45, 2.75) is 162 Å². The molecule has 0 bridgehead atoms. The second-order valence-electron chi connectivity index (χ2n) is 23.7. The number of aromatic nitrogens is 1. The number of pyridine rings is 1. The van der Waals surface area contributed by atoms with E-state index in [4.69, 9.17) is 26.0 Å². The topological polar surface area (TPSA) is 312 Å². The van der Waals surface area contributed by atoms with E-state index in [9.17, 15) is 38.4 Å². The molecule has 6 amide bonds. The van der Waals surface area contributed by atoms with Crippen LogP contribution in [0, 0.1) is 17.8 Å². The number of rotatable bonds is 16. The van der Waals surface area contributed by atoms with E-state index in [1.54, 1.807) is 61.6 Å². The monoisotopic (exact) mass is 1140 g/mol. The first kappa shape index (κ1) is 63.8. The van der Waals surface area contributed by atoms with Gasteiger partial charge in [-0.15, -0.1) is 0 Å². The van der Waals surface area contributed by atoms with Crippen LogP contribution in [0.25, 0.3) is 10.8 Å². The molecule has 20 heteroatoms. The molecule has 0 radical (unpaired) electrons. The first-order chi connectivity index (χ1) is 39.0. The van der Waals surface area contributed by atoms with E-state index in [1.165, 1.54) is 36.1 Å². The Bertz CT molecular complexity index is 2980. The first-order valence-corrected chi connectivity index (χ1v) is 28.1. The third kappa shape index (κ3) is 18.6. The fourth-order valence-electron chi connectivity index (χ4n) is 10.2. The normalized spacial score (nSPS) is 15.9. The van der Waals surface area contributed by atoms with E-state index in [0.29, 0.717) is 38.0 Å². The van der Waals surface area contributed by atoms with E-state index in [0.717, 1.165) is 40.3 Å². The molecule has 0 aliphatic heterocycles. The van der Waals surface area contributed by atoms with Gasteiger partial charge >= 0.3 is 18.2 Å². The molecule has 444 valence electrons. The number of hydrogen-bond acceptors (Lipinski definition) is 13. The van der Waals surface area contributed by atoms with Crippen LogP contribution in [0.4, 0.5) is 15.4 Å². The Kier molecular flexibility index (Phi) is 21.6. The van der Waals surface area contributed by atoms with Gasteiger partial charge in [0.25, 0.3) is 0 Å². The largest absolute Gasteiger partial charge is 0.480 e. The summed E-state index contributed by atoms with van der Waals surface area (Å²) in [7, 11) is 0. The number of alkyl carbamates (subject to hydrolysis) is 2. The predicted molar refractivity (Wildman–Crippen MR) is 315 cm³/mol. The second kappa shape index (κ2) is 28.1. The molecule has 0 spiro atoms. The highest BCUT2D eigenvalue weighted by Crippen LogP contribution is 2.32. The van der Waals surface area contributed by atoms with Gasteiger partial charge in [0.2, 0.25) is 23.6 Å². The molecule has 3 aliphatic rings. The Balaban J connectivity index is 0.000000201. The van der Waals surface area contributed by atoms with Crippen LogP contribution in [0.3, 0.4) is 0 Å². The fraction of sp³-hybridized carbons (Fsp3) is 0.444. The Hall–Kier alpha value is -8.39. The number of amides is 6. The minimum Gasteiger partial charge on any atom is -0.480 e. The van der Waals surface area contributed by atoms with E-state index in [-0.39, 0.29) is 41.3 Å². The van der Waals surface area contributed by atoms with Crippen LogP contribution >= 0.6 is 0 Å². The van der Waals surface area contributed by atoms with Gasteiger partial charge in [-0.2, -0.15) is 0 Å². The number of nitrogens with zero attached hydrogens (tertiary/aromatic N) is 1. The van der Waals surface area contributed by atoms with Crippen molar-refractivity contribution in [3.05, 3.63) is 142 Å². The van der Waals surface area contributed by atoms with Crippen LogP contribution < -0.4 is 43.4 Å². The molecule has 5 aromatic rings. The minimum absolute atomic E-state index is 0.0483. The van der Waals surface area contributed by atoms with Crippen LogP contribution in [0.15, 0.2) is 103 Å². The van der Waals surface area contributed by atoms with Gasteiger partial charge in [-0.3, -0.25) is 28.8 Å². The standard InChI is InChI=1S/C24H27N5O2.C20H28N2O4.C19H26N2O5/c1-14(29-24(31)21(25)19-11-16-4-2-3-5-17(16)12-19)23(30)28-13-15-6-7-20-18(10-15)8-9-27-22(20)26;1-12(13(2)23)21-18(24)17(22-19(25)26-20(3,4)5)16-10-14-8-6-7-9-15(14)11-16;1-11(17(23)24)20-16(22)15(21-18(25)26-19(2,3)4)14-9-12-7-5-6-8-13(12)10-14/h2-10,14,19,21H,11-13,25H2,1H3,(H2,26,27)(H,28,30)(H,29,31);6-9,12,16-17H,10-11H2,1-5H3,(H,21,24)(H,22,25);5-8,11,14-15H,9-10H2,1-4H3,(H,20,22)(H,21,25)(H,23,24)/t14-,21+;12-,17+;11-,15+/m000/s1. The molecule has 0 unspecified atom stereocenters. The molecule has 1 heterocycles. The summed E-state index contributed by atoms with van der Waals surface area (Å²) >= 11 is 0. The lowest BCUT2D eigenvalue weighted by atomic mass is 9.95. The van der Waals surface area contributed by atoms with E-state index in [1.807, 2.05) is 84.9 Å². The molecular weight excluding hydrogens is 1060 g/mol. The molecular formula is C63H81N9O11. The lowest BCUT2D eigenvalue weighted by Gasteiger charge is -2.27. The van der Waals surface area contributed by atoms with Gasteiger partial charge < -0.3 is 57.9 Å². The summed E-state index contributed by atoms with van der Waals surface area (Å²) in [6.45, 7) is 17.0. The zero-order chi connectivity index (χ0) is 60.9. The average Bonchev–Trinajstić information content (AvgIpc) is 4.19. The lowest BCUT2D eigenvalue weighted by Crippen LogP contribution is -2.54. The Morgan fingerprint density at radius 3 is 1.35 bits per heavy atom. The van der Waals surface area contributed by atoms with Crippen molar-refractivity contribution < 1.29 is 52.9 Å². The van der Waals surface area contributed by atoms with Crippen LogP contribution in [0.2, 0.25) is 0 Å². The van der Waals surface area contributed by atoms with Gasteiger partial charge in [-0.05, 0) is 182 Å². The van der Waals surface area contributed by atoms with Crippen LogP contribution in [-0.4, -0.2) is 105 Å². The van der Waals surface area contributed by atoms with Crippen molar-refractivity contribution in [1.29, 1.82) is 0 Å². The van der Waals surface area contributed by atoms with Crippen molar-refractivity contribution in [3.63, 3.8) is 0 Å². The Labute approximate surface area is 485 Å². The summed E-state index contributed by atoms with van der Waals surface area (Å²) in [6, 6.07) is 27.0. The number of Topliss-reactive ketones (excluding diaryl/α,β-unsaturated/α-hetero) is 1. The number of carboxylic acid groups (broad SMARTS) is 1. The quantitative estimate of drug-likeness (QED) is 0.0552. The highest BCUT2D eigenvalue weighted by molar-refractivity contribution is 5.93. The maximum absolute atomic E-state index is 12.8. The third-order valence-corrected chi connectivity index (χ3v) is 14.7. The SMILES string of the molecule is CC(=O)[C@H](C)NC(=O)[C@H](NC(=O)OC(C)(C)C)C1Cc2ccccc2C1.C[C@H](NC(=O)[C@H](N)C1Cc2ccccc2C1)C(=O)NCc1ccc2c(N)nccc2c1.C[C@H](NC(=O)[C@H](NC(=O)OC(C)(C)C)C1Cc2ccccc2C1)C(=O)O. The molecule has 8 rings (SSSR count). The average molecular weight is 1140 g/mol. The zero-order valence-electron chi connectivity index (χ0n) is 49.1. The summed E-state index contributed by atoms with van der Waals surface area (Å²) < 4.78 is 10.6. The number of hydrogen-bond donors (Lipinski definition) is 9. The van der Waals surface area contributed by atoms with E-state index < -0.39 is 71.5 Å². The summed E-state index contributed by atoms with van der Waals surface area (Å²) in [5.74, 6) is -2.44. The number of carboxylic acids is 1. The highest BCUT2D eigenvalue weighted by Gasteiger charge is 2.38. The smallest absolute Gasteiger partial charge is 0.408 e. The summed E-state index contributed by atoms with van der Waals surface area (Å²) in [5, 5.41) is 27.0. The molecule has 11 N–H and O–H groups in total. The van der Waals surface area contributed by atoms with Gasteiger partial charge in [0.1, 0.15) is 41.2 Å². The minimum atomic E-state index is -1.14. The van der Waals surface area contributed by atoms with Crippen molar-refractivity contribution in [3.8, 4) is 0 Å². The maximum atomic E-state index is 12.8. The maximum Gasteiger partial charge on any atom is 0.408 e. The van der Waals surface area contributed by atoms with Crippen molar-refractivity contribution >= 4 is 64.2 Å². The summed E-state index contributed by atoms with van der Waals surface area (Å²) in [4.78, 5) is 102. The summed E-state index contributed by atoms with van der Waals surface area (Å²) in [5.41, 5.74) is 18.8. The van der Waals surface area contributed by atoms with Gasteiger partial charge in [0.05, 0.1) is 12.1 Å². The number of carbonyl (C=O) groups is 8. The van der Waals surface area contributed by atoms with Crippen LogP contribution in [0.1, 0.15) is 108 Å². The zero-order valence-corrected chi connectivity index (χ0v) is 49.1. The molecule has 0 fully saturated rings. The number of aliphatic carboxylic acids is 1. The Morgan fingerprint density at radius 1 is 0.554 bits per heavy atom. The number of carbonyl (C=O) groups excluding carboxylic acids is 7. The molecule has 83 heavy (non-hydrogen) atoms. The first-order valence-electron chi connectivity index (χ1n) is 28.1.